The van der Waals surface area contributed by atoms with E-state index in [1.54, 1.807) is 18.2 Å². The zero-order chi connectivity index (χ0) is 24.9. The van der Waals surface area contributed by atoms with Crippen LogP contribution in [0.15, 0.2) is 53.7 Å². The van der Waals surface area contributed by atoms with E-state index in [-0.39, 0.29) is 24.0 Å². The van der Waals surface area contributed by atoms with Gasteiger partial charge in [-0.1, -0.05) is 75.6 Å². The molecule has 0 aliphatic heterocycles. The summed E-state index contributed by atoms with van der Waals surface area (Å²) < 4.78 is 21.6. The van der Waals surface area contributed by atoms with Gasteiger partial charge in [0.2, 0.25) is 5.91 Å². The first-order chi connectivity index (χ1) is 17.1. The zero-order valence-corrected chi connectivity index (χ0v) is 21.5. The highest BCUT2D eigenvalue weighted by molar-refractivity contribution is 7.99. The molecule has 188 valence electrons. The van der Waals surface area contributed by atoms with Crippen molar-refractivity contribution in [3.05, 3.63) is 65.7 Å². The molecule has 0 aliphatic rings. The van der Waals surface area contributed by atoms with Gasteiger partial charge in [0.1, 0.15) is 6.61 Å². The lowest BCUT2D eigenvalue weighted by atomic mass is 10.1. The fraction of sp³-hybridized carbons (Fsp3) is 0.444. The highest BCUT2D eigenvalue weighted by Gasteiger charge is 2.15. The number of thioether (sulfide) groups is 1. The molecule has 0 saturated carbocycles. The molecule has 1 heterocycles. The number of benzene rings is 2. The average molecular weight is 499 g/mol. The number of ether oxygens (including phenoxy) is 1. The van der Waals surface area contributed by atoms with E-state index in [9.17, 15) is 9.18 Å². The van der Waals surface area contributed by atoms with Gasteiger partial charge in [-0.3, -0.25) is 4.79 Å². The Balaban J connectivity index is 1.59. The Hall–Kier alpha value is -2.87. The molecule has 0 unspecified atom stereocenters. The fourth-order valence-electron chi connectivity index (χ4n) is 3.62. The lowest BCUT2D eigenvalue weighted by Gasteiger charge is -2.11. The van der Waals surface area contributed by atoms with Crippen LogP contribution in [0.25, 0.3) is 0 Å². The Morgan fingerprint density at radius 3 is 2.51 bits per heavy atom. The Morgan fingerprint density at radius 2 is 1.77 bits per heavy atom. The van der Waals surface area contributed by atoms with Gasteiger partial charge in [0.25, 0.3) is 0 Å². The normalized spacial score (nSPS) is 10.9. The summed E-state index contributed by atoms with van der Waals surface area (Å²) >= 11 is 1.35. The number of hydrogen-bond donors (Lipinski definition) is 1. The van der Waals surface area contributed by atoms with Crippen molar-refractivity contribution in [1.82, 2.24) is 14.8 Å². The lowest BCUT2D eigenvalue weighted by Crippen LogP contribution is -2.15. The number of amides is 1. The number of nitrogens with one attached hydrogen (secondary N) is 1. The van der Waals surface area contributed by atoms with Gasteiger partial charge in [0, 0.05) is 12.2 Å². The molecule has 35 heavy (non-hydrogen) atoms. The van der Waals surface area contributed by atoms with Gasteiger partial charge in [-0.25, -0.2) is 4.39 Å². The quantitative estimate of drug-likeness (QED) is 0.188. The maximum absolute atomic E-state index is 13.9. The van der Waals surface area contributed by atoms with Crippen molar-refractivity contribution in [2.24, 2.45) is 0 Å². The van der Waals surface area contributed by atoms with E-state index < -0.39 is 5.82 Å². The number of aryl methyl sites for hydroxylation is 1. The Kier molecular flexibility index (Phi) is 11.1. The van der Waals surface area contributed by atoms with Crippen LogP contribution < -0.4 is 10.1 Å². The third-order valence-electron chi connectivity index (χ3n) is 5.61. The number of halogens is 1. The second-order valence-electron chi connectivity index (χ2n) is 8.47. The second-order valence-corrected chi connectivity index (χ2v) is 9.41. The summed E-state index contributed by atoms with van der Waals surface area (Å²) in [5.41, 5.74) is 2.07. The van der Waals surface area contributed by atoms with E-state index in [1.807, 2.05) is 16.7 Å². The number of para-hydroxylation sites is 1. The van der Waals surface area contributed by atoms with Crippen molar-refractivity contribution in [3.8, 4) is 5.75 Å². The van der Waals surface area contributed by atoms with Crippen LogP contribution in [-0.2, 0) is 24.4 Å². The first kappa shape index (κ1) is 26.7. The Morgan fingerprint density at radius 1 is 1.00 bits per heavy atom. The molecule has 0 saturated heterocycles. The SMILES string of the molecule is CCCCCCn1c(COc2ccccc2F)nnc1SCC(=O)Nc1ccc(CCCC)cc1. The summed E-state index contributed by atoms with van der Waals surface area (Å²) in [6.07, 6.45) is 7.75. The van der Waals surface area contributed by atoms with E-state index in [1.165, 1.54) is 23.4 Å². The molecule has 3 aromatic rings. The largest absolute Gasteiger partial charge is 0.483 e. The smallest absolute Gasteiger partial charge is 0.234 e. The molecule has 0 fully saturated rings. The summed E-state index contributed by atoms with van der Waals surface area (Å²) in [4.78, 5) is 12.6. The minimum absolute atomic E-state index is 0.0963. The predicted molar refractivity (Wildman–Crippen MR) is 139 cm³/mol. The van der Waals surface area contributed by atoms with E-state index in [0.717, 1.165) is 57.2 Å². The molecule has 6 nitrogen and oxygen atoms in total. The number of unbranched alkanes of at least 4 members (excludes halogenated alkanes) is 4. The molecule has 0 aliphatic carbocycles. The minimum atomic E-state index is -0.411. The van der Waals surface area contributed by atoms with E-state index in [4.69, 9.17) is 4.74 Å². The van der Waals surface area contributed by atoms with Crippen LogP contribution >= 0.6 is 11.8 Å². The first-order valence-electron chi connectivity index (χ1n) is 12.4. The molecule has 1 amide bonds. The molecule has 8 heteroatoms. The summed E-state index contributed by atoms with van der Waals surface area (Å²) in [5, 5.41) is 12.2. The molecule has 2 aromatic carbocycles. The first-order valence-corrected chi connectivity index (χ1v) is 13.4. The van der Waals surface area contributed by atoms with Crippen molar-refractivity contribution < 1.29 is 13.9 Å². The Labute approximate surface area is 211 Å². The van der Waals surface area contributed by atoms with Crippen LogP contribution in [0.1, 0.15) is 63.8 Å². The predicted octanol–water partition coefficient (Wildman–Crippen LogP) is 6.65. The van der Waals surface area contributed by atoms with Gasteiger partial charge in [-0.15, -0.1) is 10.2 Å². The van der Waals surface area contributed by atoms with Crippen LogP contribution in [-0.4, -0.2) is 26.4 Å². The number of carbonyl (C=O) groups is 1. The highest BCUT2D eigenvalue weighted by atomic mass is 32.2. The number of hydrogen-bond acceptors (Lipinski definition) is 5. The molecule has 0 radical (unpaired) electrons. The standard InChI is InChI=1S/C27H35FN4O2S/c1-3-5-7-10-18-32-25(19-34-24-13-9-8-12-23(24)28)30-31-27(32)35-20-26(33)29-22-16-14-21(15-17-22)11-6-4-2/h8-9,12-17H,3-7,10-11,18-20H2,1-2H3,(H,29,33). The van der Waals surface area contributed by atoms with Crippen molar-refractivity contribution in [2.75, 3.05) is 11.1 Å². The topological polar surface area (TPSA) is 69.0 Å². The maximum Gasteiger partial charge on any atom is 0.234 e. The average Bonchev–Trinajstić information content (AvgIpc) is 3.26. The number of aromatic nitrogens is 3. The summed E-state index contributed by atoms with van der Waals surface area (Å²) in [7, 11) is 0. The van der Waals surface area contributed by atoms with Gasteiger partial charge in [-0.2, -0.15) is 0 Å². The van der Waals surface area contributed by atoms with Crippen LogP contribution in [0.5, 0.6) is 5.75 Å². The number of nitrogens with zero attached hydrogens (tertiary/aromatic N) is 3. The monoisotopic (exact) mass is 498 g/mol. The van der Waals surface area contributed by atoms with Crippen LogP contribution in [0, 0.1) is 5.82 Å². The second kappa shape index (κ2) is 14.5. The zero-order valence-electron chi connectivity index (χ0n) is 20.6. The molecule has 1 aromatic heterocycles. The Bertz CT molecular complexity index is 1060. The van der Waals surface area contributed by atoms with Crippen LogP contribution in [0.2, 0.25) is 0 Å². The van der Waals surface area contributed by atoms with Crippen molar-refractivity contribution >= 4 is 23.4 Å². The van der Waals surface area contributed by atoms with Crippen LogP contribution in [0.3, 0.4) is 0 Å². The number of rotatable bonds is 15. The molecule has 0 spiro atoms. The van der Waals surface area contributed by atoms with Crippen molar-refractivity contribution in [2.45, 2.75) is 77.1 Å². The molecule has 3 rings (SSSR count). The highest BCUT2D eigenvalue weighted by Crippen LogP contribution is 2.22. The fourth-order valence-corrected chi connectivity index (χ4v) is 4.40. The minimum Gasteiger partial charge on any atom is -0.483 e. The van der Waals surface area contributed by atoms with Gasteiger partial charge >= 0.3 is 0 Å². The van der Waals surface area contributed by atoms with Crippen molar-refractivity contribution in [1.29, 1.82) is 0 Å². The number of anilines is 1. The lowest BCUT2D eigenvalue weighted by molar-refractivity contribution is -0.113. The van der Waals surface area contributed by atoms with E-state index >= 15 is 0 Å². The van der Waals surface area contributed by atoms with Gasteiger partial charge in [0.05, 0.1) is 5.75 Å². The van der Waals surface area contributed by atoms with Gasteiger partial charge < -0.3 is 14.6 Å². The summed E-state index contributed by atoms with van der Waals surface area (Å²) in [5.74, 6) is 0.517. The van der Waals surface area contributed by atoms with E-state index in [2.05, 4.69) is 41.5 Å². The molecular formula is C27H35FN4O2S. The number of carbonyl (C=O) groups excluding carboxylic acids is 1. The maximum atomic E-state index is 13.9. The van der Waals surface area contributed by atoms with Gasteiger partial charge in [0.15, 0.2) is 22.5 Å². The van der Waals surface area contributed by atoms with Gasteiger partial charge in [-0.05, 0) is 49.1 Å². The molecule has 0 atom stereocenters. The summed E-state index contributed by atoms with van der Waals surface area (Å²) in [6.45, 7) is 5.19. The van der Waals surface area contributed by atoms with Crippen molar-refractivity contribution in [3.63, 3.8) is 0 Å². The molecular weight excluding hydrogens is 463 g/mol. The summed E-state index contributed by atoms with van der Waals surface area (Å²) in [6, 6.07) is 14.3. The van der Waals surface area contributed by atoms with Crippen LogP contribution in [0.4, 0.5) is 10.1 Å². The molecule has 0 bridgehead atoms. The third kappa shape index (κ3) is 8.69. The third-order valence-corrected chi connectivity index (χ3v) is 6.58. The van der Waals surface area contributed by atoms with E-state index in [0.29, 0.717) is 11.0 Å². The molecule has 1 N–H and O–H groups in total.